The van der Waals surface area contributed by atoms with Crippen LogP contribution in [0.2, 0.25) is 5.02 Å². The number of rotatable bonds is 7. The minimum Gasteiger partial charge on any atom is -0.352 e. The largest absolute Gasteiger partial charge is 0.352 e. The van der Waals surface area contributed by atoms with E-state index in [-0.39, 0.29) is 16.8 Å². The van der Waals surface area contributed by atoms with Crippen LogP contribution >= 0.6 is 11.6 Å². The van der Waals surface area contributed by atoms with Gasteiger partial charge in [-0.3, -0.25) is 4.79 Å². The van der Waals surface area contributed by atoms with Crippen LogP contribution in [0.4, 0.5) is 4.79 Å². The van der Waals surface area contributed by atoms with Crippen LogP contribution in [0.3, 0.4) is 0 Å². The molecule has 0 heterocycles. The van der Waals surface area contributed by atoms with Gasteiger partial charge in [0.25, 0.3) is 15.9 Å². The second-order valence-corrected chi connectivity index (χ2v) is 9.63. The highest BCUT2D eigenvalue weighted by atomic mass is 35.5. The van der Waals surface area contributed by atoms with Crippen molar-refractivity contribution in [1.29, 1.82) is 0 Å². The molecule has 0 aromatic heterocycles. The second-order valence-electron chi connectivity index (χ2n) is 7.54. The van der Waals surface area contributed by atoms with Crippen LogP contribution in [0.1, 0.15) is 48.0 Å². The molecule has 1 aliphatic rings. The maximum atomic E-state index is 12.4. The van der Waals surface area contributed by atoms with Gasteiger partial charge in [0.05, 0.1) is 15.5 Å². The third-order valence-electron chi connectivity index (χ3n) is 5.22. The predicted octanol–water partition coefficient (Wildman–Crippen LogP) is 3.63. The maximum absolute atomic E-state index is 12.4. The highest BCUT2D eigenvalue weighted by Crippen LogP contribution is 2.18. The average Bonchev–Trinajstić information content (AvgIpc) is 2.74. The van der Waals surface area contributed by atoms with Gasteiger partial charge in [-0.05, 0) is 49.1 Å². The summed E-state index contributed by atoms with van der Waals surface area (Å²) in [5, 5.41) is 5.91. The third kappa shape index (κ3) is 6.70. The molecule has 2 aromatic carbocycles. The van der Waals surface area contributed by atoms with Gasteiger partial charge in [-0.25, -0.2) is 17.9 Å². The lowest BCUT2D eigenvalue weighted by molar-refractivity contribution is 0.0954. The summed E-state index contributed by atoms with van der Waals surface area (Å²) in [5.41, 5.74) is 1.26. The van der Waals surface area contributed by atoms with Gasteiger partial charge >= 0.3 is 6.03 Å². The van der Waals surface area contributed by atoms with Crippen LogP contribution in [0, 0.1) is 0 Å². The zero-order valence-corrected chi connectivity index (χ0v) is 18.6. The molecule has 1 aliphatic carbocycles. The average molecular weight is 464 g/mol. The fraction of sp³-hybridized carbons (Fsp3) is 0.364. The SMILES string of the molecule is O=C(NC1CCCCC1)NS(=O)(=O)c1ccc(CCNC(=O)c2ccccc2Cl)cc1. The Hall–Kier alpha value is -2.58. The fourth-order valence-electron chi connectivity index (χ4n) is 3.54. The first kappa shape index (κ1) is 23.1. The molecular weight excluding hydrogens is 438 g/mol. The van der Waals surface area contributed by atoms with E-state index in [0.717, 1.165) is 37.7 Å². The summed E-state index contributed by atoms with van der Waals surface area (Å²) >= 11 is 6.01. The van der Waals surface area contributed by atoms with E-state index < -0.39 is 16.1 Å². The normalized spacial score (nSPS) is 14.6. The molecule has 0 bridgehead atoms. The van der Waals surface area contributed by atoms with Crippen LogP contribution in [0.5, 0.6) is 0 Å². The Kier molecular flexibility index (Phi) is 7.92. The zero-order valence-electron chi connectivity index (χ0n) is 17.1. The number of carbonyl (C=O) groups excluding carboxylic acids is 2. The molecule has 2 aromatic rings. The zero-order chi connectivity index (χ0) is 22.3. The lowest BCUT2D eigenvalue weighted by Crippen LogP contribution is -2.45. The van der Waals surface area contributed by atoms with Gasteiger partial charge in [0, 0.05) is 12.6 Å². The smallest absolute Gasteiger partial charge is 0.328 e. The summed E-state index contributed by atoms with van der Waals surface area (Å²) in [6, 6.07) is 12.3. The Labute approximate surface area is 187 Å². The van der Waals surface area contributed by atoms with Gasteiger partial charge < -0.3 is 10.6 Å². The molecule has 3 N–H and O–H groups in total. The molecule has 0 saturated heterocycles. The Morgan fingerprint density at radius 2 is 1.65 bits per heavy atom. The summed E-state index contributed by atoms with van der Waals surface area (Å²) in [6.07, 6.45) is 5.49. The van der Waals surface area contributed by atoms with Crippen LogP contribution < -0.4 is 15.4 Å². The molecule has 0 unspecified atom stereocenters. The number of hydrogen-bond donors (Lipinski definition) is 3. The van der Waals surface area contributed by atoms with Crippen molar-refractivity contribution in [2.45, 2.75) is 49.5 Å². The molecule has 0 aliphatic heterocycles. The van der Waals surface area contributed by atoms with Gasteiger partial charge in [-0.15, -0.1) is 0 Å². The summed E-state index contributed by atoms with van der Waals surface area (Å²) in [4.78, 5) is 24.2. The lowest BCUT2D eigenvalue weighted by atomic mass is 9.96. The van der Waals surface area contributed by atoms with Crippen molar-refractivity contribution in [3.63, 3.8) is 0 Å². The van der Waals surface area contributed by atoms with Crippen molar-refractivity contribution in [3.05, 3.63) is 64.7 Å². The Morgan fingerprint density at radius 1 is 0.968 bits per heavy atom. The standard InChI is InChI=1S/C22H26ClN3O4S/c23-20-9-5-4-8-19(20)21(27)24-15-14-16-10-12-18(13-11-16)31(29,30)26-22(28)25-17-6-2-1-3-7-17/h4-5,8-13,17H,1-3,6-7,14-15H2,(H,24,27)(H2,25,26,28). The van der Waals surface area contributed by atoms with Crippen molar-refractivity contribution in [3.8, 4) is 0 Å². The Balaban J connectivity index is 1.50. The van der Waals surface area contributed by atoms with E-state index >= 15 is 0 Å². The highest BCUT2D eigenvalue weighted by Gasteiger charge is 2.21. The van der Waals surface area contributed by atoms with Gasteiger partial charge in [0.1, 0.15) is 0 Å². The molecule has 3 rings (SSSR count). The molecule has 31 heavy (non-hydrogen) atoms. The van der Waals surface area contributed by atoms with E-state index in [1.165, 1.54) is 12.1 Å². The number of benzene rings is 2. The molecular formula is C22H26ClN3O4S. The van der Waals surface area contributed by atoms with E-state index in [1.807, 2.05) is 0 Å². The first-order valence-corrected chi connectivity index (χ1v) is 12.2. The first-order valence-electron chi connectivity index (χ1n) is 10.3. The van der Waals surface area contributed by atoms with E-state index in [2.05, 4.69) is 15.4 Å². The number of nitrogens with one attached hydrogen (secondary N) is 3. The molecule has 1 saturated carbocycles. The molecule has 0 atom stereocenters. The van der Waals surface area contributed by atoms with Crippen LogP contribution in [-0.2, 0) is 16.4 Å². The summed E-state index contributed by atoms with van der Waals surface area (Å²) in [7, 11) is -3.95. The minimum absolute atomic E-state index is 0.00940. The van der Waals surface area contributed by atoms with Crippen molar-refractivity contribution in [1.82, 2.24) is 15.4 Å². The molecule has 3 amide bonds. The van der Waals surface area contributed by atoms with Crippen LogP contribution in [0.25, 0.3) is 0 Å². The van der Waals surface area contributed by atoms with E-state index in [1.54, 1.807) is 36.4 Å². The minimum atomic E-state index is -3.95. The molecule has 0 radical (unpaired) electrons. The van der Waals surface area contributed by atoms with E-state index in [4.69, 9.17) is 11.6 Å². The molecule has 9 heteroatoms. The van der Waals surface area contributed by atoms with E-state index in [0.29, 0.717) is 23.6 Å². The van der Waals surface area contributed by atoms with Crippen LogP contribution in [-0.4, -0.2) is 32.9 Å². The third-order valence-corrected chi connectivity index (χ3v) is 6.90. The summed E-state index contributed by atoms with van der Waals surface area (Å²) < 4.78 is 27.0. The van der Waals surface area contributed by atoms with Crippen molar-refractivity contribution in [2.75, 3.05) is 6.54 Å². The van der Waals surface area contributed by atoms with E-state index in [9.17, 15) is 18.0 Å². The second kappa shape index (κ2) is 10.6. The molecule has 1 fully saturated rings. The highest BCUT2D eigenvalue weighted by molar-refractivity contribution is 7.90. The van der Waals surface area contributed by atoms with Crippen molar-refractivity contribution >= 4 is 33.6 Å². The number of halogens is 1. The maximum Gasteiger partial charge on any atom is 0.328 e. The molecule has 0 spiro atoms. The predicted molar refractivity (Wildman–Crippen MR) is 120 cm³/mol. The first-order chi connectivity index (χ1) is 14.8. The number of hydrogen-bond acceptors (Lipinski definition) is 4. The number of sulfonamides is 1. The van der Waals surface area contributed by atoms with Crippen LogP contribution in [0.15, 0.2) is 53.4 Å². The quantitative estimate of drug-likeness (QED) is 0.583. The molecule has 7 nitrogen and oxygen atoms in total. The van der Waals surface area contributed by atoms with Gasteiger partial charge in [-0.1, -0.05) is 55.1 Å². The van der Waals surface area contributed by atoms with Gasteiger partial charge in [-0.2, -0.15) is 0 Å². The Morgan fingerprint density at radius 3 is 2.32 bits per heavy atom. The topological polar surface area (TPSA) is 104 Å². The fourth-order valence-corrected chi connectivity index (χ4v) is 4.68. The molecule has 166 valence electrons. The number of amides is 3. The van der Waals surface area contributed by atoms with Crippen molar-refractivity contribution < 1.29 is 18.0 Å². The van der Waals surface area contributed by atoms with Gasteiger partial charge in [0.15, 0.2) is 0 Å². The van der Waals surface area contributed by atoms with Crippen molar-refractivity contribution in [2.24, 2.45) is 0 Å². The monoisotopic (exact) mass is 463 g/mol. The lowest BCUT2D eigenvalue weighted by Gasteiger charge is -2.22. The number of urea groups is 1. The number of carbonyl (C=O) groups is 2. The summed E-state index contributed by atoms with van der Waals surface area (Å²) in [6.45, 7) is 0.373. The Bertz CT molecular complexity index is 1020. The summed E-state index contributed by atoms with van der Waals surface area (Å²) in [5.74, 6) is -0.266. The van der Waals surface area contributed by atoms with Gasteiger partial charge in [0.2, 0.25) is 0 Å².